The molecular formula is C28H32N4. The van der Waals surface area contributed by atoms with Gasteiger partial charge in [0.1, 0.15) is 0 Å². The van der Waals surface area contributed by atoms with E-state index in [0.717, 1.165) is 35.6 Å². The molecule has 0 spiro atoms. The monoisotopic (exact) mass is 424 g/mol. The lowest BCUT2D eigenvalue weighted by Gasteiger charge is -2.35. The van der Waals surface area contributed by atoms with Gasteiger partial charge in [0.15, 0.2) is 0 Å². The fourth-order valence-corrected chi connectivity index (χ4v) is 5.32. The average molecular weight is 425 g/mol. The van der Waals surface area contributed by atoms with Crippen molar-refractivity contribution in [3.05, 3.63) is 108 Å². The number of allylic oxidation sites excluding steroid dienone is 6. The van der Waals surface area contributed by atoms with E-state index in [2.05, 4.69) is 105 Å². The summed E-state index contributed by atoms with van der Waals surface area (Å²) in [5.74, 6) is 0. The molecule has 5 aliphatic rings. The Balaban J connectivity index is 1.71. The van der Waals surface area contributed by atoms with Crippen LogP contribution in [0.2, 0.25) is 0 Å². The molecule has 0 saturated carbocycles. The maximum atomic E-state index is 4.94. The Kier molecular flexibility index (Phi) is 4.42. The summed E-state index contributed by atoms with van der Waals surface area (Å²) in [4.78, 5) is 7.33. The molecule has 5 rings (SSSR count). The number of rotatable bonds is 2. The Morgan fingerprint density at radius 3 is 2.62 bits per heavy atom. The van der Waals surface area contributed by atoms with Crippen LogP contribution in [0.25, 0.3) is 0 Å². The van der Waals surface area contributed by atoms with Gasteiger partial charge in [-0.3, -0.25) is 0 Å². The van der Waals surface area contributed by atoms with Crippen LogP contribution >= 0.6 is 0 Å². The molecule has 2 N–H and O–H groups in total. The first-order valence-electron chi connectivity index (χ1n) is 11.3. The largest absolute Gasteiger partial charge is 0.371 e. The van der Waals surface area contributed by atoms with Crippen molar-refractivity contribution in [2.45, 2.75) is 50.2 Å². The molecule has 0 aliphatic carbocycles. The first-order chi connectivity index (χ1) is 15.2. The lowest BCUT2D eigenvalue weighted by atomic mass is 9.86. The van der Waals surface area contributed by atoms with E-state index >= 15 is 0 Å². The van der Waals surface area contributed by atoms with Gasteiger partial charge in [-0.15, -0.1) is 6.58 Å². The second-order valence-corrected chi connectivity index (χ2v) is 9.77. The Morgan fingerprint density at radius 2 is 1.88 bits per heavy atom. The molecule has 0 aromatic rings. The lowest BCUT2D eigenvalue weighted by Crippen LogP contribution is -2.42. The van der Waals surface area contributed by atoms with Crippen molar-refractivity contribution in [3.8, 4) is 0 Å². The van der Waals surface area contributed by atoms with Crippen LogP contribution in [-0.2, 0) is 0 Å². The first-order valence-corrected chi connectivity index (χ1v) is 11.3. The zero-order chi connectivity index (χ0) is 22.7. The normalized spacial score (nSPS) is 42.1. The van der Waals surface area contributed by atoms with Gasteiger partial charge in [0, 0.05) is 12.7 Å². The van der Waals surface area contributed by atoms with E-state index in [1.54, 1.807) is 0 Å². The van der Waals surface area contributed by atoms with Crippen LogP contribution < -0.4 is 10.6 Å². The smallest absolute Gasteiger partial charge is 0.0959 e. The van der Waals surface area contributed by atoms with Gasteiger partial charge in [0.05, 0.1) is 39.4 Å². The summed E-state index contributed by atoms with van der Waals surface area (Å²) in [6.45, 7) is 15.0. The highest BCUT2D eigenvalue weighted by Gasteiger charge is 2.40. The van der Waals surface area contributed by atoms with Crippen molar-refractivity contribution in [2.24, 2.45) is 4.99 Å². The van der Waals surface area contributed by atoms with Gasteiger partial charge in [-0.2, -0.15) is 0 Å². The molecular weight excluding hydrogens is 392 g/mol. The van der Waals surface area contributed by atoms with Gasteiger partial charge in [-0.25, -0.2) is 4.99 Å². The number of fused-ring (bicyclic) bond motifs is 7. The molecule has 0 aromatic carbocycles. The summed E-state index contributed by atoms with van der Waals surface area (Å²) in [6.07, 6.45) is 23.5. The van der Waals surface area contributed by atoms with Crippen LogP contribution in [-0.4, -0.2) is 34.3 Å². The van der Waals surface area contributed by atoms with E-state index < -0.39 is 5.54 Å². The molecule has 1 saturated heterocycles. The molecule has 0 radical (unpaired) electrons. The van der Waals surface area contributed by atoms with E-state index in [4.69, 9.17) is 4.99 Å². The van der Waals surface area contributed by atoms with Crippen LogP contribution in [0.15, 0.2) is 113 Å². The molecule has 0 aromatic heterocycles. The third kappa shape index (κ3) is 2.93. The molecule has 32 heavy (non-hydrogen) atoms. The minimum atomic E-state index is -0.431. The lowest BCUT2D eigenvalue weighted by molar-refractivity contribution is 0.281. The van der Waals surface area contributed by atoms with Crippen molar-refractivity contribution >= 4 is 5.71 Å². The van der Waals surface area contributed by atoms with Gasteiger partial charge >= 0.3 is 0 Å². The van der Waals surface area contributed by atoms with Crippen molar-refractivity contribution < 1.29 is 0 Å². The third-order valence-electron chi connectivity index (χ3n) is 7.74. The molecule has 5 heterocycles. The molecule has 164 valence electrons. The van der Waals surface area contributed by atoms with Gasteiger partial charge in [-0.1, -0.05) is 30.9 Å². The SMILES string of the molecule is C=C/C1=C\C2(C)CC/C(=C3\C=CC(=N3)/C=C/C3(C=C)N/C(=C4/C=CC1(C)N4)C=C3C)N2C. The summed E-state index contributed by atoms with van der Waals surface area (Å²) in [7, 11) is 2.19. The highest BCUT2D eigenvalue weighted by Crippen LogP contribution is 2.42. The molecule has 1 fully saturated rings. The summed E-state index contributed by atoms with van der Waals surface area (Å²) in [5.41, 5.74) is 6.99. The Hall–Kier alpha value is -3.27. The van der Waals surface area contributed by atoms with Crippen LogP contribution in [0.5, 0.6) is 0 Å². The Morgan fingerprint density at radius 1 is 1.06 bits per heavy atom. The zero-order valence-electron chi connectivity index (χ0n) is 19.5. The zero-order valence-corrected chi connectivity index (χ0v) is 19.5. The summed E-state index contributed by atoms with van der Waals surface area (Å²) < 4.78 is 0. The number of nitrogens with zero attached hydrogens (tertiary/aromatic N) is 2. The van der Waals surface area contributed by atoms with Gasteiger partial charge in [0.25, 0.3) is 0 Å². The van der Waals surface area contributed by atoms with Gasteiger partial charge < -0.3 is 15.5 Å². The number of likely N-dealkylation sites (N-methyl/N-ethyl adjacent to an activating group) is 1. The van der Waals surface area contributed by atoms with E-state index in [0.29, 0.717) is 0 Å². The second-order valence-electron chi connectivity index (χ2n) is 9.77. The fourth-order valence-electron chi connectivity index (χ4n) is 5.32. The van der Waals surface area contributed by atoms with Crippen molar-refractivity contribution in [1.29, 1.82) is 0 Å². The average Bonchev–Trinajstić information content (AvgIpc) is 3.53. The number of hydrogen-bond acceptors (Lipinski definition) is 4. The Labute approximate surface area is 191 Å². The summed E-state index contributed by atoms with van der Waals surface area (Å²) >= 11 is 0. The number of nitrogens with one attached hydrogen (secondary N) is 2. The van der Waals surface area contributed by atoms with E-state index in [9.17, 15) is 0 Å². The molecule has 3 atom stereocenters. The summed E-state index contributed by atoms with van der Waals surface area (Å²) in [5, 5.41) is 7.45. The minimum Gasteiger partial charge on any atom is -0.371 e. The van der Waals surface area contributed by atoms with Gasteiger partial charge in [0.2, 0.25) is 0 Å². The highest BCUT2D eigenvalue weighted by molar-refractivity contribution is 6.07. The van der Waals surface area contributed by atoms with E-state index in [1.165, 1.54) is 16.8 Å². The van der Waals surface area contributed by atoms with Crippen LogP contribution in [0, 0.1) is 0 Å². The molecule has 4 nitrogen and oxygen atoms in total. The fraction of sp³-hybridized carbons (Fsp3) is 0.321. The predicted octanol–water partition coefficient (Wildman–Crippen LogP) is 4.98. The predicted molar refractivity (Wildman–Crippen MR) is 134 cm³/mol. The molecule has 8 bridgehead atoms. The standard InChI is InChI=1S/C28H32N4/c1-7-20-18-26(4)14-13-25(32(26)6)23-10-9-21(29-23)11-16-28(8-2)19(3)17-24(31-28)22-12-15-27(20,5)30-22/h7-12,15-18,30-31H,1-2,13-14H2,3-6H3/b16-11+,20-18+,24-22-,25-23-. The highest BCUT2D eigenvalue weighted by atomic mass is 15.2. The molecule has 5 aliphatic heterocycles. The second kappa shape index (κ2) is 6.86. The van der Waals surface area contributed by atoms with Crippen LogP contribution in [0.1, 0.15) is 33.6 Å². The molecule has 3 unspecified atom stereocenters. The first kappa shape index (κ1) is 20.6. The third-order valence-corrected chi connectivity index (χ3v) is 7.74. The quantitative estimate of drug-likeness (QED) is 0.614. The minimum absolute atomic E-state index is 0.0978. The van der Waals surface area contributed by atoms with Gasteiger partial charge in [-0.05, 0) is 81.2 Å². The topological polar surface area (TPSA) is 39.7 Å². The maximum Gasteiger partial charge on any atom is 0.0959 e. The number of hydrogen-bond donors (Lipinski definition) is 2. The van der Waals surface area contributed by atoms with Crippen molar-refractivity contribution in [3.63, 3.8) is 0 Å². The van der Waals surface area contributed by atoms with Crippen LogP contribution in [0.4, 0.5) is 0 Å². The van der Waals surface area contributed by atoms with E-state index in [-0.39, 0.29) is 11.1 Å². The Bertz CT molecular complexity index is 1170. The maximum absolute atomic E-state index is 4.94. The molecule has 4 heteroatoms. The van der Waals surface area contributed by atoms with Crippen molar-refractivity contribution in [1.82, 2.24) is 15.5 Å². The molecule has 0 amide bonds. The number of aliphatic imine (C=N–C) groups is 1. The van der Waals surface area contributed by atoms with E-state index in [1.807, 2.05) is 12.2 Å². The van der Waals surface area contributed by atoms with Crippen LogP contribution in [0.3, 0.4) is 0 Å². The van der Waals surface area contributed by atoms with Crippen molar-refractivity contribution in [2.75, 3.05) is 7.05 Å². The summed E-state index contributed by atoms with van der Waals surface area (Å²) in [6, 6.07) is 0.